The summed E-state index contributed by atoms with van der Waals surface area (Å²) in [6.45, 7) is 2.11. The molecule has 4 heteroatoms. The number of Topliss-reactive ketones (excluding diaryl/α,β-unsaturated/α-hetero) is 1. The van der Waals surface area contributed by atoms with Crippen molar-refractivity contribution in [3.8, 4) is 11.8 Å². The highest BCUT2D eigenvalue weighted by Crippen LogP contribution is 2.17. The minimum Gasteiger partial charge on any atom is -0.452 e. The molecule has 2 rings (SSSR count). The van der Waals surface area contributed by atoms with E-state index in [1.165, 1.54) is 0 Å². The van der Waals surface area contributed by atoms with E-state index in [4.69, 9.17) is 4.74 Å². The second-order valence-electron chi connectivity index (χ2n) is 5.69. The van der Waals surface area contributed by atoms with Crippen molar-refractivity contribution in [2.45, 2.75) is 51.2 Å². The Morgan fingerprint density at radius 2 is 2.04 bits per heavy atom. The molecule has 1 aliphatic heterocycles. The zero-order valence-corrected chi connectivity index (χ0v) is 13.8. The summed E-state index contributed by atoms with van der Waals surface area (Å²) in [7, 11) is 0. The Morgan fingerprint density at radius 3 is 2.75 bits per heavy atom. The molecule has 0 aliphatic carbocycles. The Hall–Kier alpha value is -2.38. The van der Waals surface area contributed by atoms with Gasteiger partial charge in [-0.2, -0.15) is 0 Å². The largest absolute Gasteiger partial charge is 0.452 e. The Bertz CT molecular complexity index is 678. The van der Waals surface area contributed by atoms with Crippen molar-refractivity contribution >= 4 is 17.8 Å². The van der Waals surface area contributed by atoms with Crippen molar-refractivity contribution in [3.05, 3.63) is 41.5 Å². The van der Waals surface area contributed by atoms with Gasteiger partial charge in [-0.15, -0.1) is 5.92 Å². The van der Waals surface area contributed by atoms with Crippen LogP contribution in [0.1, 0.15) is 43.7 Å². The van der Waals surface area contributed by atoms with E-state index in [1.54, 1.807) is 0 Å². The number of carbonyl (C=O) groups excluding carboxylic acids is 2. The van der Waals surface area contributed by atoms with Crippen molar-refractivity contribution in [1.29, 1.82) is 0 Å². The molecule has 2 unspecified atom stereocenters. The van der Waals surface area contributed by atoms with E-state index in [-0.39, 0.29) is 0 Å². The molecule has 0 amide bonds. The number of aliphatic hydroxyl groups is 1. The third kappa shape index (κ3) is 4.81. The fourth-order valence-corrected chi connectivity index (χ4v) is 2.44. The molecule has 4 nitrogen and oxygen atoms in total. The van der Waals surface area contributed by atoms with Crippen molar-refractivity contribution in [2.24, 2.45) is 0 Å². The van der Waals surface area contributed by atoms with E-state index in [2.05, 4.69) is 24.8 Å². The van der Waals surface area contributed by atoms with Crippen LogP contribution in [0.3, 0.4) is 0 Å². The van der Waals surface area contributed by atoms with Gasteiger partial charge in [-0.3, -0.25) is 4.79 Å². The number of hydrogen-bond acceptors (Lipinski definition) is 4. The SMILES string of the molecule is CCCC#CCc1ccccc1C=CCCC1OC(=O)C(O)C1=O. The molecule has 126 valence electrons. The van der Waals surface area contributed by atoms with Gasteiger partial charge in [0.15, 0.2) is 6.10 Å². The predicted molar refractivity (Wildman–Crippen MR) is 92.0 cm³/mol. The first-order valence-corrected chi connectivity index (χ1v) is 8.26. The average Bonchev–Trinajstić information content (AvgIpc) is 2.83. The van der Waals surface area contributed by atoms with Crippen molar-refractivity contribution < 1.29 is 19.4 Å². The van der Waals surface area contributed by atoms with E-state index in [1.807, 2.05) is 30.4 Å². The van der Waals surface area contributed by atoms with Gasteiger partial charge in [0.05, 0.1) is 0 Å². The van der Waals surface area contributed by atoms with Crippen LogP contribution in [0.4, 0.5) is 0 Å². The van der Waals surface area contributed by atoms with E-state index in [0.29, 0.717) is 19.3 Å². The van der Waals surface area contributed by atoms with Crippen LogP contribution in [0.2, 0.25) is 0 Å². The summed E-state index contributed by atoms with van der Waals surface area (Å²) in [5, 5.41) is 9.27. The number of cyclic esters (lactones) is 1. The fourth-order valence-electron chi connectivity index (χ4n) is 2.44. The van der Waals surface area contributed by atoms with Gasteiger partial charge in [0.1, 0.15) is 0 Å². The minimum atomic E-state index is -1.61. The van der Waals surface area contributed by atoms with Crippen LogP contribution in [0.25, 0.3) is 6.08 Å². The normalized spacial score (nSPS) is 20.1. The van der Waals surface area contributed by atoms with Crippen molar-refractivity contribution in [1.82, 2.24) is 0 Å². The molecule has 1 aromatic carbocycles. The zero-order valence-electron chi connectivity index (χ0n) is 13.8. The molecular weight excluding hydrogens is 304 g/mol. The van der Waals surface area contributed by atoms with Gasteiger partial charge in [0.25, 0.3) is 0 Å². The van der Waals surface area contributed by atoms with Crippen LogP contribution in [-0.2, 0) is 20.7 Å². The van der Waals surface area contributed by atoms with Crippen LogP contribution < -0.4 is 0 Å². The lowest BCUT2D eigenvalue weighted by Gasteiger charge is -2.05. The van der Waals surface area contributed by atoms with Gasteiger partial charge in [-0.25, -0.2) is 4.79 Å². The maximum atomic E-state index is 11.6. The third-order valence-electron chi connectivity index (χ3n) is 3.80. The molecule has 1 aromatic rings. The third-order valence-corrected chi connectivity index (χ3v) is 3.80. The maximum absolute atomic E-state index is 11.6. The number of ketones is 1. The lowest BCUT2D eigenvalue weighted by molar-refractivity contribution is -0.147. The second-order valence-corrected chi connectivity index (χ2v) is 5.69. The smallest absolute Gasteiger partial charge is 0.343 e. The Labute approximate surface area is 142 Å². The molecule has 1 aliphatic rings. The molecule has 0 spiro atoms. The van der Waals surface area contributed by atoms with Crippen LogP contribution in [0.5, 0.6) is 0 Å². The minimum absolute atomic E-state index is 0.386. The summed E-state index contributed by atoms with van der Waals surface area (Å²) in [5.41, 5.74) is 2.26. The first-order valence-electron chi connectivity index (χ1n) is 8.26. The highest BCUT2D eigenvalue weighted by Gasteiger charge is 2.41. The number of unbranched alkanes of at least 4 members (excludes halogenated alkanes) is 1. The second kappa shape index (κ2) is 9.05. The number of rotatable bonds is 6. The standard InChI is InChI=1S/C20H22O4/c1-2-3-4-5-10-15-11-6-7-12-16(15)13-8-9-14-17-18(21)19(22)20(23)24-17/h6-8,11-13,17,19,22H,2-3,9-10,14H2,1H3. The molecule has 2 atom stereocenters. The van der Waals surface area contributed by atoms with E-state index >= 15 is 0 Å². The Kier molecular flexibility index (Phi) is 6.77. The van der Waals surface area contributed by atoms with Gasteiger partial charge in [0, 0.05) is 12.8 Å². The van der Waals surface area contributed by atoms with Gasteiger partial charge >= 0.3 is 5.97 Å². The van der Waals surface area contributed by atoms with Gasteiger partial charge in [-0.05, 0) is 30.4 Å². The van der Waals surface area contributed by atoms with E-state index in [0.717, 1.165) is 24.0 Å². The van der Waals surface area contributed by atoms with E-state index < -0.39 is 24.0 Å². The molecule has 1 fully saturated rings. The summed E-state index contributed by atoms with van der Waals surface area (Å²) in [4.78, 5) is 22.7. The number of benzene rings is 1. The number of hydrogen-bond donors (Lipinski definition) is 1. The number of carbonyl (C=O) groups is 2. The van der Waals surface area contributed by atoms with Gasteiger partial charge in [-0.1, -0.05) is 49.3 Å². The summed E-state index contributed by atoms with van der Waals surface area (Å²) < 4.78 is 4.85. The molecule has 1 heterocycles. The molecule has 0 aromatic heterocycles. The molecule has 1 N–H and O–H groups in total. The van der Waals surface area contributed by atoms with Crippen molar-refractivity contribution in [2.75, 3.05) is 0 Å². The van der Waals surface area contributed by atoms with Gasteiger partial charge in [0.2, 0.25) is 11.9 Å². The molecule has 24 heavy (non-hydrogen) atoms. The van der Waals surface area contributed by atoms with Crippen LogP contribution in [0, 0.1) is 11.8 Å². The number of esters is 1. The molecular formula is C20H22O4. The summed E-state index contributed by atoms with van der Waals surface area (Å²) in [5.74, 6) is 4.94. The molecule has 0 radical (unpaired) electrons. The van der Waals surface area contributed by atoms with E-state index in [9.17, 15) is 14.7 Å². The maximum Gasteiger partial charge on any atom is 0.343 e. The molecule has 0 bridgehead atoms. The quantitative estimate of drug-likeness (QED) is 0.496. The predicted octanol–water partition coefficient (Wildman–Crippen LogP) is 2.68. The first-order chi connectivity index (χ1) is 11.6. The Balaban J connectivity index is 1.89. The zero-order chi connectivity index (χ0) is 17.4. The van der Waals surface area contributed by atoms with Crippen LogP contribution >= 0.6 is 0 Å². The summed E-state index contributed by atoms with van der Waals surface area (Å²) in [6.07, 6.45) is 5.17. The highest BCUT2D eigenvalue weighted by atomic mass is 16.6. The molecule has 1 saturated heterocycles. The van der Waals surface area contributed by atoms with Crippen LogP contribution in [-0.4, -0.2) is 29.1 Å². The topological polar surface area (TPSA) is 63.6 Å². The first kappa shape index (κ1) is 18.0. The summed E-state index contributed by atoms with van der Waals surface area (Å²) >= 11 is 0. The van der Waals surface area contributed by atoms with Gasteiger partial charge < -0.3 is 9.84 Å². The Morgan fingerprint density at radius 1 is 1.25 bits per heavy atom. The fraction of sp³-hybridized carbons (Fsp3) is 0.400. The number of allylic oxidation sites excluding steroid dienone is 1. The number of aliphatic hydroxyl groups excluding tert-OH is 1. The van der Waals surface area contributed by atoms with Crippen LogP contribution in [0.15, 0.2) is 30.3 Å². The van der Waals surface area contributed by atoms with Crippen molar-refractivity contribution in [3.63, 3.8) is 0 Å². The highest BCUT2D eigenvalue weighted by molar-refractivity contribution is 6.08. The lowest BCUT2D eigenvalue weighted by atomic mass is 10.0. The summed E-state index contributed by atoms with van der Waals surface area (Å²) in [6, 6.07) is 8.05. The lowest BCUT2D eigenvalue weighted by Crippen LogP contribution is -2.24. The molecule has 0 saturated carbocycles. The average molecular weight is 326 g/mol. The number of ether oxygens (including phenoxy) is 1. The monoisotopic (exact) mass is 326 g/mol.